The molecule has 1 heterocycles. The van der Waals surface area contributed by atoms with Crippen LogP contribution in [0.5, 0.6) is 0 Å². The largest absolute Gasteiger partial charge is 0.322 e. The molecule has 9 heteroatoms. The van der Waals surface area contributed by atoms with Crippen LogP contribution in [-0.4, -0.2) is 15.4 Å². The molecule has 0 saturated carbocycles. The van der Waals surface area contributed by atoms with E-state index in [1.807, 2.05) is 0 Å². The maximum atomic E-state index is 13.5. The predicted octanol–water partition coefficient (Wildman–Crippen LogP) is 2.19. The first-order valence-corrected chi connectivity index (χ1v) is 6.34. The molecule has 0 unspecified atom stereocenters. The number of carbonyl (C=O) groups excluding carboxylic acids is 1. The van der Waals surface area contributed by atoms with E-state index in [1.54, 1.807) is 0 Å². The zero-order valence-corrected chi connectivity index (χ0v) is 11.7. The van der Waals surface area contributed by atoms with Crippen molar-refractivity contribution in [2.75, 3.05) is 5.32 Å². The van der Waals surface area contributed by atoms with Crippen LogP contribution in [0.25, 0.3) is 0 Å². The summed E-state index contributed by atoms with van der Waals surface area (Å²) < 4.78 is 14.3. The number of pyridine rings is 1. The number of amides is 1. The van der Waals surface area contributed by atoms with Crippen molar-refractivity contribution in [3.8, 4) is 0 Å². The Hall–Kier alpha value is -2.74. The van der Waals surface area contributed by atoms with E-state index in [9.17, 15) is 24.1 Å². The van der Waals surface area contributed by atoms with Crippen LogP contribution >= 0.6 is 11.6 Å². The minimum absolute atomic E-state index is 0.143. The fourth-order valence-corrected chi connectivity index (χ4v) is 1.86. The number of nitrogens with zero attached hydrogens (tertiary/aromatic N) is 2. The smallest absolute Gasteiger partial charge is 0.285 e. The first kappa shape index (κ1) is 15.6. The van der Waals surface area contributed by atoms with Crippen molar-refractivity contribution >= 4 is 28.9 Å². The quantitative estimate of drug-likeness (QED) is 0.688. The van der Waals surface area contributed by atoms with Gasteiger partial charge in [-0.2, -0.15) is 0 Å². The second-order valence-electron chi connectivity index (χ2n) is 4.28. The number of hydrogen-bond acceptors (Lipinski definition) is 4. The molecule has 0 radical (unpaired) electrons. The fraction of sp³-hybridized carbons (Fsp3) is 0.0769. The molecule has 1 aromatic carbocycles. The van der Waals surface area contributed by atoms with Gasteiger partial charge in [-0.15, -0.1) is 0 Å². The van der Waals surface area contributed by atoms with Crippen molar-refractivity contribution in [3.05, 3.63) is 67.8 Å². The number of aromatic nitrogens is 1. The number of nitrogens with one attached hydrogen (secondary N) is 1. The molecule has 0 fully saturated rings. The third-order valence-corrected chi connectivity index (χ3v) is 2.93. The van der Waals surface area contributed by atoms with Crippen molar-refractivity contribution < 1.29 is 14.1 Å². The molecular formula is C13H9ClFN3O4. The molecule has 0 aliphatic carbocycles. The van der Waals surface area contributed by atoms with Gasteiger partial charge in [0.1, 0.15) is 12.4 Å². The van der Waals surface area contributed by atoms with Crippen molar-refractivity contribution in [2.45, 2.75) is 6.54 Å². The van der Waals surface area contributed by atoms with E-state index in [1.165, 1.54) is 12.1 Å². The van der Waals surface area contributed by atoms with E-state index in [4.69, 9.17) is 11.6 Å². The molecule has 114 valence electrons. The molecule has 2 rings (SSSR count). The van der Waals surface area contributed by atoms with Crippen molar-refractivity contribution in [1.29, 1.82) is 0 Å². The molecule has 1 N–H and O–H groups in total. The fourth-order valence-electron chi connectivity index (χ4n) is 1.69. The van der Waals surface area contributed by atoms with Crippen LogP contribution in [0.2, 0.25) is 5.02 Å². The van der Waals surface area contributed by atoms with Gasteiger partial charge in [-0.3, -0.25) is 24.3 Å². The summed E-state index contributed by atoms with van der Waals surface area (Å²) in [5.74, 6) is -1.41. The zero-order chi connectivity index (χ0) is 16.3. The minimum Gasteiger partial charge on any atom is -0.322 e. The van der Waals surface area contributed by atoms with Crippen LogP contribution in [0, 0.1) is 15.9 Å². The maximum Gasteiger partial charge on any atom is 0.285 e. The van der Waals surface area contributed by atoms with Crippen molar-refractivity contribution in [2.24, 2.45) is 0 Å². The van der Waals surface area contributed by atoms with Gasteiger partial charge in [0.25, 0.3) is 11.2 Å². The van der Waals surface area contributed by atoms with Gasteiger partial charge in [-0.1, -0.05) is 11.6 Å². The number of anilines is 1. The van der Waals surface area contributed by atoms with Gasteiger partial charge in [-0.25, -0.2) is 4.39 Å². The molecule has 0 bridgehead atoms. The van der Waals surface area contributed by atoms with E-state index in [2.05, 4.69) is 5.32 Å². The molecule has 7 nitrogen and oxygen atoms in total. The molecule has 0 aliphatic rings. The molecule has 0 saturated heterocycles. The van der Waals surface area contributed by atoms with Crippen LogP contribution in [0.1, 0.15) is 0 Å². The average molecular weight is 326 g/mol. The van der Waals surface area contributed by atoms with Crippen LogP contribution in [0.15, 0.2) is 41.3 Å². The Labute approximate surface area is 128 Å². The molecule has 22 heavy (non-hydrogen) atoms. The maximum absolute atomic E-state index is 13.5. The van der Waals surface area contributed by atoms with E-state index in [0.29, 0.717) is 0 Å². The van der Waals surface area contributed by atoms with Gasteiger partial charge in [-0.05, 0) is 18.2 Å². The summed E-state index contributed by atoms with van der Waals surface area (Å²) in [6.45, 7) is -0.494. The van der Waals surface area contributed by atoms with Gasteiger partial charge in [0.05, 0.1) is 16.8 Å². The summed E-state index contributed by atoms with van der Waals surface area (Å²) in [4.78, 5) is 33.4. The van der Waals surface area contributed by atoms with Crippen molar-refractivity contribution in [1.82, 2.24) is 4.57 Å². The Bertz CT molecular complexity index is 806. The summed E-state index contributed by atoms with van der Waals surface area (Å²) in [7, 11) is 0. The van der Waals surface area contributed by atoms with Crippen LogP contribution in [-0.2, 0) is 11.3 Å². The lowest BCUT2D eigenvalue weighted by molar-refractivity contribution is -0.385. The van der Waals surface area contributed by atoms with E-state index in [-0.39, 0.29) is 16.4 Å². The summed E-state index contributed by atoms with van der Waals surface area (Å²) in [6.07, 6.45) is 0.941. The van der Waals surface area contributed by atoms with Gasteiger partial charge in [0.15, 0.2) is 0 Å². The monoisotopic (exact) mass is 325 g/mol. The molecule has 0 atom stereocenters. The molecule has 0 spiro atoms. The van der Waals surface area contributed by atoms with Crippen LogP contribution < -0.4 is 10.9 Å². The zero-order valence-electron chi connectivity index (χ0n) is 11.0. The second-order valence-corrected chi connectivity index (χ2v) is 4.72. The lowest BCUT2D eigenvalue weighted by Crippen LogP contribution is -2.27. The lowest BCUT2D eigenvalue weighted by Gasteiger charge is -2.08. The number of halogens is 2. The number of rotatable bonds is 4. The van der Waals surface area contributed by atoms with Gasteiger partial charge < -0.3 is 5.32 Å². The molecule has 0 aliphatic heterocycles. The third-order valence-electron chi connectivity index (χ3n) is 2.70. The molecule has 1 aromatic heterocycles. The molecule has 1 amide bonds. The Morgan fingerprint density at radius 3 is 2.77 bits per heavy atom. The van der Waals surface area contributed by atoms with E-state index < -0.39 is 28.8 Å². The van der Waals surface area contributed by atoms with Crippen LogP contribution in [0.3, 0.4) is 0 Å². The van der Waals surface area contributed by atoms with E-state index in [0.717, 1.165) is 29.0 Å². The first-order chi connectivity index (χ1) is 10.4. The second kappa shape index (κ2) is 6.35. The van der Waals surface area contributed by atoms with Gasteiger partial charge in [0.2, 0.25) is 5.91 Å². The van der Waals surface area contributed by atoms with Gasteiger partial charge in [0, 0.05) is 17.2 Å². The van der Waals surface area contributed by atoms with Gasteiger partial charge >= 0.3 is 0 Å². The average Bonchev–Trinajstić information content (AvgIpc) is 2.45. The number of hydrogen-bond donors (Lipinski definition) is 1. The number of benzene rings is 1. The Balaban J connectivity index is 2.19. The Morgan fingerprint density at radius 2 is 2.09 bits per heavy atom. The summed E-state index contributed by atoms with van der Waals surface area (Å²) in [5, 5.41) is 13.1. The minimum atomic E-state index is -0.719. The standard InChI is InChI=1S/C13H9ClFN3O4/c14-8-1-3-10(15)11(5-8)16-12(19)7-17-6-9(18(21)22)2-4-13(17)20/h1-6H,7H2,(H,16,19). The lowest BCUT2D eigenvalue weighted by atomic mass is 10.3. The summed E-state index contributed by atoms with van der Waals surface area (Å²) in [5.41, 5.74) is -1.07. The van der Waals surface area contributed by atoms with Crippen LogP contribution in [0.4, 0.5) is 15.8 Å². The highest BCUT2D eigenvalue weighted by atomic mass is 35.5. The number of carbonyl (C=O) groups is 1. The van der Waals surface area contributed by atoms with E-state index >= 15 is 0 Å². The highest BCUT2D eigenvalue weighted by Crippen LogP contribution is 2.19. The first-order valence-electron chi connectivity index (χ1n) is 5.96. The SMILES string of the molecule is O=C(Cn1cc([N+](=O)[O-])ccc1=O)Nc1cc(Cl)ccc1F. The predicted molar refractivity (Wildman–Crippen MR) is 77.4 cm³/mol. The third kappa shape index (κ3) is 3.67. The highest BCUT2D eigenvalue weighted by Gasteiger charge is 2.12. The van der Waals surface area contributed by atoms with Crippen molar-refractivity contribution in [3.63, 3.8) is 0 Å². The summed E-state index contributed by atoms with van der Waals surface area (Å²) in [6, 6.07) is 5.62. The highest BCUT2D eigenvalue weighted by molar-refractivity contribution is 6.30. The number of nitro groups is 1. The Kier molecular flexibility index (Phi) is 4.52. The summed E-state index contributed by atoms with van der Waals surface area (Å²) >= 11 is 5.69. The molecular weight excluding hydrogens is 317 g/mol. The molecule has 2 aromatic rings. The normalized spacial score (nSPS) is 10.3. The Morgan fingerprint density at radius 1 is 1.36 bits per heavy atom. The topological polar surface area (TPSA) is 94.2 Å².